The van der Waals surface area contributed by atoms with Crippen molar-refractivity contribution < 1.29 is 4.79 Å². The molecule has 0 saturated heterocycles. The van der Waals surface area contributed by atoms with Crippen LogP contribution in [0.3, 0.4) is 0 Å². The molecule has 0 fully saturated rings. The van der Waals surface area contributed by atoms with Crippen LogP contribution < -0.4 is 10.6 Å². The molecule has 26 heavy (non-hydrogen) atoms. The van der Waals surface area contributed by atoms with Gasteiger partial charge in [-0.05, 0) is 49.2 Å². The average Bonchev–Trinajstić information content (AvgIpc) is 3.08. The van der Waals surface area contributed by atoms with Crippen molar-refractivity contribution in [3.63, 3.8) is 0 Å². The van der Waals surface area contributed by atoms with E-state index in [4.69, 9.17) is 0 Å². The molecule has 4 rings (SSSR count). The third-order valence-corrected chi connectivity index (χ3v) is 4.87. The summed E-state index contributed by atoms with van der Waals surface area (Å²) in [6, 6.07) is 14.8. The van der Waals surface area contributed by atoms with Gasteiger partial charge in [0.2, 0.25) is 0 Å². The van der Waals surface area contributed by atoms with E-state index in [0.29, 0.717) is 5.69 Å². The first-order chi connectivity index (χ1) is 12.7. The Bertz CT molecular complexity index is 935. The lowest BCUT2D eigenvalue weighted by Gasteiger charge is -2.15. The van der Waals surface area contributed by atoms with Gasteiger partial charge in [0.05, 0.1) is 0 Å². The summed E-state index contributed by atoms with van der Waals surface area (Å²) in [7, 11) is 0. The lowest BCUT2D eigenvalue weighted by molar-refractivity contribution is 0.262. The smallest absolute Gasteiger partial charge is 0.311 e. The van der Waals surface area contributed by atoms with Gasteiger partial charge in [-0.15, -0.1) is 10.2 Å². The van der Waals surface area contributed by atoms with Crippen molar-refractivity contribution in [1.29, 1.82) is 0 Å². The van der Waals surface area contributed by atoms with Crippen LogP contribution in [0.25, 0.3) is 11.4 Å². The van der Waals surface area contributed by atoms with Crippen LogP contribution in [0.2, 0.25) is 0 Å². The van der Waals surface area contributed by atoms with Gasteiger partial charge in [-0.1, -0.05) is 28.1 Å². The third-order valence-electron chi connectivity index (χ3n) is 4.34. The van der Waals surface area contributed by atoms with Crippen LogP contribution in [0.15, 0.2) is 53.0 Å². The number of aromatic nitrogens is 3. The Morgan fingerprint density at radius 1 is 1.00 bits per heavy atom. The maximum atomic E-state index is 12.2. The number of urea groups is 1. The number of amides is 2. The number of anilines is 2. The maximum Gasteiger partial charge on any atom is 0.323 e. The Balaban J connectivity index is 1.50. The second-order valence-electron chi connectivity index (χ2n) is 6.22. The van der Waals surface area contributed by atoms with Gasteiger partial charge >= 0.3 is 6.03 Å². The third kappa shape index (κ3) is 3.62. The number of fused-ring (bicyclic) bond motifs is 1. The van der Waals surface area contributed by atoms with Crippen molar-refractivity contribution in [2.45, 2.75) is 25.8 Å². The number of carbonyl (C=O) groups is 1. The van der Waals surface area contributed by atoms with Crippen LogP contribution in [0.5, 0.6) is 0 Å². The Kier molecular flexibility index (Phi) is 4.71. The normalized spacial score (nSPS) is 13.1. The summed E-state index contributed by atoms with van der Waals surface area (Å²) in [5.41, 5.74) is 2.39. The molecule has 1 aromatic heterocycles. The van der Waals surface area contributed by atoms with E-state index in [1.54, 1.807) is 0 Å². The number of halogens is 1. The van der Waals surface area contributed by atoms with Gasteiger partial charge in [0.25, 0.3) is 0 Å². The Morgan fingerprint density at radius 3 is 2.65 bits per heavy atom. The molecule has 3 aromatic rings. The van der Waals surface area contributed by atoms with E-state index in [1.807, 2.05) is 48.5 Å². The SMILES string of the molecule is O=C(Nc1ccc(Br)cc1)Nc1cccc(-c2nnc3n2CCCC3)c1. The molecular weight excluding hydrogens is 394 g/mol. The standard InChI is InChI=1S/C19H18BrN5O/c20-14-7-9-15(10-8-14)21-19(26)22-16-5-3-4-13(12-16)18-24-23-17-6-1-2-11-25(17)18/h3-5,7-10,12H,1-2,6,11H2,(H2,21,22,26). The molecule has 0 unspecified atom stereocenters. The minimum atomic E-state index is -0.284. The minimum Gasteiger partial charge on any atom is -0.311 e. The first kappa shape index (κ1) is 16.8. The number of nitrogens with one attached hydrogen (secondary N) is 2. The van der Waals surface area contributed by atoms with Gasteiger partial charge in [0.1, 0.15) is 5.82 Å². The van der Waals surface area contributed by atoms with Crippen LogP contribution in [0.1, 0.15) is 18.7 Å². The molecule has 2 aromatic carbocycles. The predicted molar refractivity (Wildman–Crippen MR) is 105 cm³/mol. The van der Waals surface area contributed by atoms with Crippen LogP contribution in [0.4, 0.5) is 16.2 Å². The molecule has 2 heterocycles. The second kappa shape index (κ2) is 7.29. The monoisotopic (exact) mass is 411 g/mol. The summed E-state index contributed by atoms with van der Waals surface area (Å²) in [5.74, 6) is 1.90. The highest BCUT2D eigenvalue weighted by molar-refractivity contribution is 9.10. The average molecular weight is 412 g/mol. The van der Waals surface area contributed by atoms with Crippen LogP contribution in [-0.4, -0.2) is 20.8 Å². The molecule has 6 nitrogen and oxygen atoms in total. The van der Waals surface area contributed by atoms with E-state index in [-0.39, 0.29) is 6.03 Å². The zero-order chi connectivity index (χ0) is 17.9. The molecule has 132 valence electrons. The highest BCUT2D eigenvalue weighted by Gasteiger charge is 2.17. The fraction of sp³-hybridized carbons (Fsp3) is 0.211. The fourth-order valence-electron chi connectivity index (χ4n) is 3.08. The Labute approximate surface area is 159 Å². The predicted octanol–water partition coefficient (Wildman–Crippen LogP) is 4.69. The first-order valence-corrected chi connectivity index (χ1v) is 9.34. The second-order valence-corrected chi connectivity index (χ2v) is 7.13. The highest BCUT2D eigenvalue weighted by Crippen LogP contribution is 2.25. The lowest BCUT2D eigenvalue weighted by Crippen LogP contribution is -2.19. The molecule has 0 bridgehead atoms. The zero-order valence-electron chi connectivity index (χ0n) is 14.1. The van der Waals surface area contributed by atoms with Gasteiger partial charge in [-0.3, -0.25) is 0 Å². The lowest BCUT2D eigenvalue weighted by atomic mass is 10.1. The number of carbonyl (C=O) groups excluding carboxylic acids is 1. The van der Waals surface area contributed by atoms with E-state index in [1.165, 1.54) is 0 Å². The molecule has 0 spiro atoms. The highest BCUT2D eigenvalue weighted by atomic mass is 79.9. The van der Waals surface area contributed by atoms with Crippen LogP contribution in [-0.2, 0) is 13.0 Å². The number of hydrogen-bond donors (Lipinski definition) is 2. The number of benzene rings is 2. The number of nitrogens with zero attached hydrogens (tertiary/aromatic N) is 3. The molecule has 1 aliphatic heterocycles. The summed E-state index contributed by atoms with van der Waals surface area (Å²) in [6.45, 7) is 0.944. The van der Waals surface area contributed by atoms with Crippen molar-refractivity contribution in [2.24, 2.45) is 0 Å². The van der Waals surface area contributed by atoms with E-state index in [9.17, 15) is 4.79 Å². The maximum absolute atomic E-state index is 12.2. The zero-order valence-corrected chi connectivity index (χ0v) is 15.7. The quantitative estimate of drug-likeness (QED) is 0.656. The molecule has 0 radical (unpaired) electrons. The molecule has 0 aliphatic carbocycles. The van der Waals surface area contributed by atoms with Crippen molar-refractivity contribution in [1.82, 2.24) is 14.8 Å². The van der Waals surface area contributed by atoms with Crippen molar-refractivity contribution in [3.8, 4) is 11.4 Å². The van der Waals surface area contributed by atoms with Crippen LogP contribution >= 0.6 is 15.9 Å². The van der Waals surface area contributed by atoms with Gasteiger partial charge in [-0.25, -0.2) is 4.79 Å². The molecule has 2 amide bonds. The van der Waals surface area contributed by atoms with E-state index in [2.05, 4.69) is 41.3 Å². The summed E-state index contributed by atoms with van der Waals surface area (Å²) in [4.78, 5) is 12.2. The van der Waals surface area contributed by atoms with Crippen LogP contribution in [0, 0.1) is 0 Å². The van der Waals surface area contributed by atoms with Crippen molar-refractivity contribution in [3.05, 3.63) is 58.8 Å². The number of rotatable bonds is 3. The molecule has 2 N–H and O–H groups in total. The summed E-state index contributed by atoms with van der Waals surface area (Å²) < 4.78 is 3.14. The molecular formula is C19H18BrN5O. The summed E-state index contributed by atoms with van der Waals surface area (Å²) in [6.07, 6.45) is 3.28. The van der Waals surface area contributed by atoms with Gasteiger partial charge in [0.15, 0.2) is 5.82 Å². The molecule has 7 heteroatoms. The van der Waals surface area contributed by atoms with Gasteiger partial charge in [-0.2, -0.15) is 0 Å². The summed E-state index contributed by atoms with van der Waals surface area (Å²) in [5, 5.41) is 14.3. The topological polar surface area (TPSA) is 71.8 Å². The minimum absolute atomic E-state index is 0.284. The summed E-state index contributed by atoms with van der Waals surface area (Å²) >= 11 is 3.38. The van der Waals surface area contributed by atoms with Crippen molar-refractivity contribution >= 4 is 33.3 Å². The van der Waals surface area contributed by atoms with Crippen molar-refractivity contribution in [2.75, 3.05) is 10.6 Å². The van der Waals surface area contributed by atoms with E-state index in [0.717, 1.165) is 53.2 Å². The fourth-order valence-corrected chi connectivity index (χ4v) is 3.35. The van der Waals surface area contributed by atoms with Gasteiger partial charge in [0, 0.05) is 34.4 Å². The van der Waals surface area contributed by atoms with Gasteiger partial charge < -0.3 is 15.2 Å². The largest absolute Gasteiger partial charge is 0.323 e. The van der Waals surface area contributed by atoms with E-state index >= 15 is 0 Å². The molecule has 1 aliphatic rings. The Hall–Kier alpha value is -2.67. The molecule has 0 atom stereocenters. The molecule has 0 saturated carbocycles. The first-order valence-electron chi connectivity index (χ1n) is 8.55. The number of hydrogen-bond acceptors (Lipinski definition) is 3. The Morgan fingerprint density at radius 2 is 1.81 bits per heavy atom. The number of aryl methyl sites for hydroxylation is 1. The van der Waals surface area contributed by atoms with E-state index < -0.39 is 0 Å².